The third kappa shape index (κ3) is 9.30. The summed E-state index contributed by atoms with van der Waals surface area (Å²) < 4.78 is 6.82. The Labute approximate surface area is 215 Å². The van der Waals surface area contributed by atoms with Gasteiger partial charge in [-0.25, -0.2) is 4.68 Å². The second-order valence-electron chi connectivity index (χ2n) is 9.90. The average Bonchev–Trinajstić information content (AvgIpc) is 3.23. The molecule has 0 unspecified atom stereocenters. The van der Waals surface area contributed by atoms with Gasteiger partial charge in [-0.1, -0.05) is 83.5 Å². The van der Waals surface area contributed by atoms with Crippen LogP contribution in [0.15, 0.2) is 30.3 Å². The third-order valence-electron chi connectivity index (χ3n) is 5.82. The van der Waals surface area contributed by atoms with Gasteiger partial charge in [0.1, 0.15) is 5.82 Å². The van der Waals surface area contributed by atoms with Crippen molar-refractivity contribution in [2.75, 3.05) is 32.1 Å². The summed E-state index contributed by atoms with van der Waals surface area (Å²) in [4.78, 5) is 27.5. The first kappa shape index (κ1) is 28.9. The van der Waals surface area contributed by atoms with Crippen molar-refractivity contribution >= 4 is 29.2 Å². The molecule has 7 nitrogen and oxygen atoms in total. The molecular weight excluding hydrogens is 464 g/mol. The summed E-state index contributed by atoms with van der Waals surface area (Å²) in [5.74, 6) is 0.205. The normalized spacial score (nSPS) is 11.5. The predicted octanol–water partition coefficient (Wildman–Crippen LogP) is 5.99. The summed E-state index contributed by atoms with van der Waals surface area (Å²) in [5.41, 5.74) is 1.28. The molecule has 0 aliphatic carbocycles. The van der Waals surface area contributed by atoms with Crippen LogP contribution < -0.4 is 5.32 Å². The van der Waals surface area contributed by atoms with Gasteiger partial charge >= 0.3 is 0 Å². The average molecular weight is 505 g/mol. The molecule has 194 valence electrons. The Bertz CT molecular complexity index is 952. The maximum absolute atomic E-state index is 13.0. The molecule has 0 saturated heterocycles. The summed E-state index contributed by atoms with van der Waals surface area (Å²) in [6.45, 7) is 9.07. The van der Waals surface area contributed by atoms with Gasteiger partial charge in [0.15, 0.2) is 0 Å². The van der Waals surface area contributed by atoms with Gasteiger partial charge in [0, 0.05) is 31.6 Å². The molecule has 1 heterocycles. The van der Waals surface area contributed by atoms with Crippen molar-refractivity contribution in [3.63, 3.8) is 0 Å². The number of anilines is 1. The monoisotopic (exact) mass is 504 g/mol. The predicted molar refractivity (Wildman–Crippen MR) is 142 cm³/mol. The molecule has 8 heteroatoms. The Morgan fingerprint density at radius 1 is 1.11 bits per heavy atom. The van der Waals surface area contributed by atoms with E-state index in [9.17, 15) is 9.59 Å². The number of ether oxygens (including phenoxy) is 1. The number of methoxy groups -OCH3 is 1. The van der Waals surface area contributed by atoms with Crippen molar-refractivity contribution in [2.45, 2.75) is 78.1 Å². The van der Waals surface area contributed by atoms with Gasteiger partial charge in [0.05, 0.1) is 29.6 Å². The Hall–Kier alpha value is -2.38. The number of unbranched alkanes of at least 4 members (excludes halogenated alkanes) is 5. The lowest BCUT2D eigenvalue weighted by atomic mass is 9.92. The zero-order valence-corrected chi connectivity index (χ0v) is 22.7. The lowest BCUT2D eigenvalue weighted by molar-refractivity contribution is -0.135. The first-order chi connectivity index (χ1) is 16.7. The van der Waals surface area contributed by atoms with Gasteiger partial charge in [-0.2, -0.15) is 5.10 Å². The molecule has 0 bridgehead atoms. The number of aromatic nitrogens is 2. The Morgan fingerprint density at radius 2 is 1.80 bits per heavy atom. The van der Waals surface area contributed by atoms with Crippen molar-refractivity contribution in [2.24, 2.45) is 0 Å². The molecule has 0 aliphatic heterocycles. The maximum Gasteiger partial charge on any atom is 0.245 e. The summed E-state index contributed by atoms with van der Waals surface area (Å²) in [6.07, 6.45) is 7.08. The lowest BCUT2D eigenvalue weighted by Gasteiger charge is -2.22. The molecule has 2 aromatic rings. The van der Waals surface area contributed by atoms with Gasteiger partial charge in [-0.05, 0) is 18.6 Å². The fraction of sp³-hybridized carbons (Fsp3) is 0.593. The van der Waals surface area contributed by atoms with E-state index in [1.165, 1.54) is 19.3 Å². The molecule has 1 N–H and O–H groups in total. The number of nitrogens with zero attached hydrogens (tertiary/aromatic N) is 3. The van der Waals surface area contributed by atoms with E-state index in [0.717, 1.165) is 25.0 Å². The van der Waals surface area contributed by atoms with E-state index >= 15 is 0 Å². The highest BCUT2D eigenvalue weighted by Gasteiger charge is 2.23. The minimum Gasteiger partial charge on any atom is -0.383 e. The largest absolute Gasteiger partial charge is 0.383 e. The second-order valence-corrected chi connectivity index (χ2v) is 10.3. The van der Waals surface area contributed by atoms with Crippen LogP contribution in [0.4, 0.5) is 5.82 Å². The topological polar surface area (TPSA) is 76.5 Å². The molecule has 35 heavy (non-hydrogen) atoms. The fourth-order valence-electron chi connectivity index (χ4n) is 3.71. The number of amides is 2. The molecule has 0 aliphatic rings. The van der Waals surface area contributed by atoms with E-state index in [-0.39, 0.29) is 23.8 Å². The van der Waals surface area contributed by atoms with Crippen LogP contribution in [0.3, 0.4) is 0 Å². The number of hydrogen-bond acceptors (Lipinski definition) is 4. The van der Waals surface area contributed by atoms with Crippen LogP contribution in [-0.4, -0.2) is 53.3 Å². The van der Waals surface area contributed by atoms with Crippen LogP contribution >= 0.6 is 11.6 Å². The highest BCUT2D eigenvalue weighted by atomic mass is 35.5. The minimum absolute atomic E-state index is 0.0253. The van der Waals surface area contributed by atoms with E-state index in [0.29, 0.717) is 36.1 Å². The van der Waals surface area contributed by atoms with Crippen LogP contribution in [0.1, 0.15) is 78.3 Å². The van der Waals surface area contributed by atoms with Crippen LogP contribution in [0.2, 0.25) is 5.02 Å². The number of carbonyl (C=O) groups excluding carboxylic acids is 2. The quantitative estimate of drug-likeness (QED) is 0.321. The number of hydrogen-bond donors (Lipinski definition) is 1. The first-order valence-corrected chi connectivity index (χ1v) is 13.0. The number of nitrogens with one attached hydrogen (secondary N) is 1. The third-order valence-corrected chi connectivity index (χ3v) is 6.14. The molecule has 1 aromatic carbocycles. The maximum atomic E-state index is 13.0. The van der Waals surface area contributed by atoms with E-state index in [4.69, 9.17) is 21.4 Å². The van der Waals surface area contributed by atoms with Crippen molar-refractivity contribution in [1.82, 2.24) is 14.7 Å². The number of rotatable bonds is 14. The zero-order chi connectivity index (χ0) is 25.8. The molecule has 0 saturated carbocycles. The molecule has 0 fully saturated rings. The van der Waals surface area contributed by atoms with Crippen molar-refractivity contribution in [1.29, 1.82) is 0 Å². The standard InChI is InChI=1S/C27H41ClN4O3/c1-6-7-8-9-10-11-16-26(34)31(17-18-35-5)20-25(33)29-24-19-23(27(2,3)4)30-32(24)22-15-13-12-14-21(22)28/h12-15,19H,6-11,16-18,20H2,1-5H3,(H,29,33). The number of halogens is 1. The van der Waals surface area contributed by atoms with E-state index < -0.39 is 0 Å². The second kappa shape index (κ2) is 14.2. The first-order valence-electron chi connectivity index (χ1n) is 12.6. The number of carbonyl (C=O) groups is 2. The van der Waals surface area contributed by atoms with Crippen LogP contribution in [0.5, 0.6) is 0 Å². The molecule has 2 amide bonds. The van der Waals surface area contributed by atoms with Gasteiger partial charge < -0.3 is 15.0 Å². The highest BCUT2D eigenvalue weighted by Crippen LogP contribution is 2.29. The number of para-hydroxylation sites is 1. The minimum atomic E-state index is -0.286. The molecular formula is C27H41ClN4O3. The smallest absolute Gasteiger partial charge is 0.245 e. The summed E-state index contributed by atoms with van der Waals surface area (Å²) in [7, 11) is 1.59. The summed E-state index contributed by atoms with van der Waals surface area (Å²) in [6, 6.07) is 9.22. The molecule has 2 rings (SSSR count). The SMILES string of the molecule is CCCCCCCCC(=O)N(CCOC)CC(=O)Nc1cc(C(C)(C)C)nn1-c1ccccc1Cl. The Balaban J connectivity index is 2.11. The van der Waals surface area contributed by atoms with Gasteiger partial charge in [-0.15, -0.1) is 0 Å². The van der Waals surface area contributed by atoms with Gasteiger partial charge in [0.2, 0.25) is 11.8 Å². The lowest BCUT2D eigenvalue weighted by Crippen LogP contribution is -2.40. The van der Waals surface area contributed by atoms with Crippen LogP contribution in [0.25, 0.3) is 5.69 Å². The summed E-state index contributed by atoms with van der Waals surface area (Å²) in [5, 5.41) is 8.20. The Kier molecular flexibility index (Phi) is 11.7. The van der Waals surface area contributed by atoms with Crippen LogP contribution in [-0.2, 0) is 19.7 Å². The summed E-state index contributed by atoms with van der Waals surface area (Å²) >= 11 is 6.42. The van der Waals surface area contributed by atoms with Crippen molar-refractivity contribution in [3.8, 4) is 5.69 Å². The highest BCUT2D eigenvalue weighted by molar-refractivity contribution is 6.32. The number of benzene rings is 1. The van der Waals surface area contributed by atoms with Crippen molar-refractivity contribution < 1.29 is 14.3 Å². The zero-order valence-electron chi connectivity index (χ0n) is 21.9. The van der Waals surface area contributed by atoms with Gasteiger partial charge in [-0.3, -0.25) is 9.59 Å². The van der Waals surface area contributed by atoms with Gasteiger partial charge in [0.25, 0.3) is 0 Å². The molecule has 0 radical (unpaired) electrons. The van der Waals surface area contributed by atoms with E-state index in [1.807, 2.05) is 24.3 Å². The van der Waals surface area contributed by atoms with E-state index in [2.05, 4.69) is 33.0 Å². The van der Waals surface area contributed by atoms with E-state index in [1.54, 1.807) is 22.8 Å². The van der Waals surface area contributed by atoms with Crippen LogP contribution in [0, 0.1) is 0 Å². The van der Waals surface area contributed by atoms with Crippen molar-refractivity contribution in [3.05, 3.63) is 41.0 Å². The molecule has 0 atom stereocenters. The Morgan fingerprint density at radius 3 is 2.46 bits per heavy atom. The fourth-order valence-corrected chi connectivity index (χ4v) is 3.92. The molecule has 1 aromatic heterocycles. The molecule has 0 spiro atoms.